The Balaban J connectivity index is 2.42. The molecule has 0 bridgehead atoms. The summed E-state index contributed by atoms with van der Waals surface area (Å²) in [6.45, 7) is 11.5. The zero-order valence-electron chi connectivity index (χ0n) is 13.1. The fourth-order valence-corrected chi connectivity index (χ4v) is 2.50. The number of aromatic nitrogens is 3. The Morgan fingerprint density at radius 2 is 2.05 bits per heavy atom. The molecule has 0 aromatic carbocycles. The first-order chi connectivity index (χ1) is 9.54. The van der Waals surface area contributed by atoms with Gasteiger partial charge in [0.15, 0.2) is 0 Å². The zero-order valence-corrected chi connectivity index (χ0v) is 13.1. The van der Waals surface area contributed by atoms with Crippen molar-refractivity contribution in [3.8, 4) is 5.69 Å². The highest BCUT2D eigenvalue weighted by atomic mass is 15.3. The van der Waals surface area contributed by atoms with Crippen LogP contribution >= 0.6 is 0 Å². The average molecular weight is 272 g/mol. The van der Waals surface area contributed by atoms with Crippen LogP contribution in [0.3, 0.4) is 0 Å². The van der Waals surface area contributed by atoms with Gasteiger partial charge in [-0.05, 0) is 31.9 Å². The van der Waals surface area contributed by atoms with Crippen molar-refractivity contribution in [1.29, 1.82) is 0 Å². The van der Waals surface area contributed by atoms with Gasteiger partial charge in [0.2, 0.25) is 0 Å². The van der Waals surface area contributed by atoms with Crippen LogP contribution in [0, 0.1) is 13.8 Å². The molecule has 0 radical (unpaired) electrons. The van der Waals surface area contributed by atoms with E-state index in [4.69, 9.17) is 5.10 Å². The minimum Gasteiger partial charge on any atom is -0.310 e. The third-order valence-corrected chi connectivity index (χ3v) is 3.60. The van der Waals surface area contributed by atoms with Crippen LogP contribution in [0.1, 0.15) is 43.3 Å². The topological polar surface area (TPSA) is 42.7 Å². The van der Waals surface area contributed by atoms with Crippen molar-refractivity contribution in [3.05, 3.63) is 41.0 Å². The first-order valence-corrected chi connectivity index (χ1v) is 7.26. The number of rotatable bonds is 5. The summed E-state index contributed by atoms with van der Waals surface area (Å²) in [7, 11) is 0. The predicted octanol–water partition coefficient (Wildman–Crippen LogP) is 2.94. The van der Waals surface area contributed by atoms with Crippen LogP contribution < -0.4 is 5.32 Å². The fourth-order valence-electron chi connectivity index (χ4n) is 2.50. The van der Waals surface area contributed by atoms with E-state index in [9.17, 15) is 0 Å². The summed E-state index contributed by atoms with van der Waals surface area (Å²) in [4.78, 5) is 4.25. The van der Waals surface area contributed by atoms with E-state index in [1.165, 1.54) is 16.8 Å². The maximum absolute atomic E-state index is 4.70. The number of pyridine rings is 1. The molecule has 2 heterocycles. The van der Waals surface area contributed by atoms with Crippen molar-refractivity contribution in [2.75, 3.05) is 0 Å². The van der Waals surface area contributed by atoms with E-state index in [1.54, 1.807) is 0 Å². The first kappa shape index (κ1) is 14.7. The maximum Gasteiger partial charge on any atom is 0.0724 e. The summed E-state index contributed by atoms with van der Waals surface area (Å²) in [6, 6.07) is 2.49. The van der Waals surface area contributed by atoms with E-state index in [0.717, 1.165) is 24.3 Å². The molecule has 0 aliphatic heterocycles. The molecule has 2 rings (SSSR count). The molecule has 0 spiro atoms. The summed E-state index contributed by atoms with van der Waals surface area (Å²) in [5.41, 5.74) is 5.97. The Morgan fingerprint density at radius 3 is 2.65 bits per heavy atom. The van der Waals surface area contributed by atoms with E-state index in [2.05, 4.69) is 44.9 Å². The molecule has 0 atom stereocenters. The lowest BCUT2D eigenvalue weighted by Crippen LogP contribution is -2.23. The zero-order chi connectivity index (χ0) is 14.7. The van der Waals surface area contributed by atoms with Gasteiger partial charge in [-0.15, -0.1) is 0 Å². The summed E-state index contributed by atoms with van der Waals surface area (Å²) < 4.78 is 2.05. The van der Waals surface area contributed by atoms with Gasteiger partial charge >= 0.3 is 0 Å². The highest BCUT2D eigenvalue weighted by Crippen LogP contribution is 2.20. The Kier molecular flexibility index (Phi) is 4.55. The predicted molar refractivity (Wildman–Crippen MR) is 82.2 cm³/mol. The van der Waals surface area contributed by atoms with Gasteiger partial charge in [0.05, 0.1) is 11.4 Å². The third kappa shape index (κ3) is 2.90. The second-order valence-corrected chi connectivity index (χ2v) is 5.45. The molecule has 4 heteroatoms. The summed E-state index contributed by atoms with van der Waals surface area (Å²) in [5.74, 6) is 0. The Bertz CT molecular complexity index is 584. The Morgan fingerprint density at radius 1 is 1.30 bits per heavy atom. The molecule has 108 valence electrons. The second-order valence-electron chi connectivity index (χ2n) is 5.45. The maximum atomic E-state index is 4.70. The molecule has 4 nitrogen and oxygen atoms in total. The molecular formula is C16H24N4. The number of hydrogen-bond donors (Lipinski definition) is 1. The molecular weight excluding hydrogens is 248 g/mol. The SMILES string of the molecule is CCc1c(C)nn(-c2ccncc2CNC(C)C)c1C. The monoisotopic (exact) mass is 272 g/mol. The molecule has 1 N–H and O–H groups in total. The normalized spacial score (nSPS) is 11.3. The molecule has 0 amide bonds. The molecule has 0 saturated carbocycles. The fraction of sp³-hybridized carbons (Fsp3) is 0.500. The second kappa shape index (κ2) is 6.18. The molecule has 0 fully saturated rings. The van der Waals surface area contributed by atoms with Gasteiger partial charge in [-0.1, -0.05) is 20.8 Å². The van der Waals surface area contributed by atoms with E-state index in [-0.39, 0.29) is 0 Å². The molecule has 0 aliphatic rings. The standard InChI is InChI=1S/C16H24N4/c1-6-15-12(4)19-20(13(15)5)16-7-8-17-9-14(16)10-18-11(2)3/h7-9,11,18H,6,10H2,1-5H3. The van der Waals surface area contributed by atoms with Gasteiger partial charge in [0, 0.05) is 36.2 Å². The summed E-state index contributed by atoms with van der Waals surface area (Å²) in [6.07, 6.45) is 4.77. The van der Waals surface area contributed by atoms with Crippen molar-refractivity contribution >= 4 is 0 Å². The molecule has 2 aromatic heterocycles. The molecule has 2 aromatic rings. The first-order valence-electron chi connectivity index (χ1n) is 7.26. The Labute approximate surface area is 121 Å². The van der Waals surface area contributed by atoms with Crippen LogP contribution in [0.5, 0.6) is 0 Å². The number of nitrogens with zero attached hydrogens (tertiary/aromatic N) is 3. The number of nitrogens with one attached hydrogen (secondary N) is 1. The van der Waals surface area contributed by atoms with Crippen molar-refractivity contribution in [1.82, 2.24) is 20.1 Å². The van der Waals surface area contributed by atoms with Crippen LogP contribution in [0.15, 0.2) is 18.5 Å². The van der Waals surface area contributed by atoms with Crippen molar-refractivity contribution in [2.24, 2.45) is 0 Å². The van der Waals surface area contributed by atoms with E-state index in [1.807, 2.05) is 23.1 Å². The average Bonchev–Trinajstić information content (AvgIpc) is 2.71. The van der Waals surface area contributed by atoms with Crippen LogP contribution in [-0.2, 0) is 13.0 Å². The summed E-state index contributed by atoms with van der Waals surface area (Å²) >= 11 is 0. The van der Waals surface area contributed by atoms with Gasteiger partial charge in [-0.2, -0.15) is 5.10 Å². The number of hydrogen-bond acceptors (Lipinski definition) is 3. The lowest BCUT2D eigenvalue weighted by molar-refractivity contribution is 0.585. The van der Waals surface area contributed by atoms with E-state index in [0.29, 0.717) is 6.04 Å². The highest BCUT2D eigenvalue weighted by Gasteiger charge is 2.13. The molecule has 0 unspecified atom stereocenters. The van der Waals surface area contributed by atoms with Crippen LogP contribution in [-0.4, -0.2) is 20.8 Å². The minimum atomic E-state index is 0.453. The largest absolute Gasteiger partial charge is 0.310 e. The van der Waals surface area contributed by atoms with Crippen molar-refractivity contribution in [3.63, 3.8) is 0 Å². The molecule has 0 aliphatic carbocycles. The van der Waals surface area contributed by atoms with Gasteiger partial charge in [-0.25, -0.2) is 4.68 Å². The van der Waals surface area contributed by atoms with E-state index < -0.39 is 0 Å². The van der Waals surface area contributed by atoms with Crippen molar-refractivity contribution < 1.29 is 0 Å². The summed E-state index contributed by atoms with van der Waals surface area (Å²) in [5, 5.41) is 8.15. The van der Waals surface area contributed by atoms with Gasteiger partial charge in [-0.3, -0.25) is 4.98 Å². The third-order valence-electron chi connectivity index (χ3n) is 3.60. The van der Waals surface area contributed by atoms with E-state index >= 15 is 0 Å². The smallest absolute Gasteiger partial charge is 0.0724 e. The Hall–Kier alpha value is -1.68. The lowest BCUT2D eigenvalue weighted by Gasteiger charge is -2.13. The van der Waals surface area contributed by atoms with Crippen LogP contribution in [0.4, 0.5) is 0 Å². The van der Waals surface area contributed by atoms with Gasteiger partial charge in [0.1, 0.15) is 0 Å². The highest BCUT2D eigenvalue weighted by molar-refractivity contribution is 5.42. The quantitative estimate of drug-likeness (QED) is 0.910. The minimum absolute atomic E-state index is 0.453. The van der Waals surface area contributed by atoms with Gasteiger partial charge in [0.25, 0.3) is 0 Å². The number of aryl methyl sites for hydroxylation is 1. The molecule has 0 saturated heterocycles. The van der Waals surface area contributed by atoms with Crippen molar-refractivity contribution in [2.45, 2.75) is 53.6 Å². The molecule has 20 heavy (non-hydrogen) atoms. The van der Waals surface area contributed by atoms with Crippen LogP contribution in [0.2, 0.25) is 0 Å². The van der Waals surface area contributed by atoms with Gasteiger partial charge < -0.3 is 5.32 Å². The van der Waals surface area contributed by atoms with Crippen LogP contribution in [0.25, 0.3) is 5.69 Å². The lowest BCUT2D eigenvalue weighted by atomic mass is 10.1.